The van der Waals surface area contributed by atoms with E-state index in [1.54, 1.807) is 0 Å². The lowest BCUT2D eigenvalue weighted by atomic mass is 10.1. The van der Waals surface area contributed by atoms with E-state index in [4.69, 9.17) is 0 Å². The summed E-state index contributed by atoms with van der Waals surface area (Å²) in [6, 6.07) is 0.456. The van der Waals surface area contributed by atoms with Crippen LogP contribution in [0, 0.1) is 6.92 Å². The average Bonchev–Trinajstić information content (AvgIpc) is 2.17. The van der Waals surface area contributed by atoms with E-state index in [9.17, 15) is 26.3 Å². The van der Waals surface area contributed by atoms with E-state index in [-0.39, 0.29) is 5.56 Å². The van der Waals surface area contributed by atoms with Gasteiger partial charge in [0.1, 0.15) is 0 Å². The minimum Gasteiger partial charge on any atom is -0.465 e. The third kappa shape index (κ3) is 3.51. The van der Waals surface area contributed by atoms with Crippen molar-refractivity contribution in [3.05, 3.63) is 23.4 Å². The van der Waals surface area contributed by atoms with Crippen molar-refractivity contribution in [2.75, 3.05) is 0 Å². The zero-order valence-corrected chi connectivity index (χ0v) is 9.36. The normalized spacial score (nSPS) is 14.4. The Bertz CT molecular complexity index is 425. The number of hydrogen-bond donors (Lipinski definition) is 0. The van der Waals surface area contributed by atoms with Crippen LogP contribution in [0.3, 0.4) is 0 Å². The molecule has 0 spiro atoms. The highest BCUT2D eigenvalue weighted by molar-refractivity contribution is 5.30. The van der Waals surface area contributed by atoms with Crippen LogP contribution in [-0.4, -0.2) is 17.3 Å². The fourth-order valence-electron chi connectivity index (χ4n) is 1.12. The van der Waals surface area contributed by atoms with Crippen molar-refractivity contribution in [2.45, 2.75) is 32.3 Å². The van der Waals surface area contributed by atoms with Gasteiger partial charge in [-0.2, -0.15) is 26.3 Å². The molecule has 2 nitrogen and oxygen atoms in total. The van der Waals surface area contributed by atoms with Gasteiger partial charge in [-0.1, -0.05) is 0 Å². The molecule has 0 N–H and O–H groups in total. The minimum absolute atomic E-state index is 0.186. The average molecular weight is 273 g/mol. The Hall–Kier alpha value is -1.47. The largest absolute Gasteiger partial charge is 0.465 e. The van der Waals surface area contributed by atoms with Crippen LogP contribution >= 0.6 is 0 Å². The van der Waals surface area contributed by atoms with E-state index in [1.165, 1.54) is 0 Å². The quantitative estimate of drug-likeness (QED) is 0.766. The number of alkyl halides is 6. The van der Waals surface area contributed by atoms with Crippen LogP contribution in [0.15, 0.2) is 12.3 Å². The molecule has 0 aliphatic carbocycles. The first-order valence-corrected chi connectivity index (χ1v) is 4.79. The topological polar surface area (TPSA) is 22.1 Å². The van der Waals surface area contributed by atoms with Gasteiger partial charge in [0.05, 0.1) is 5.56 Å². The van der Waals surface area contributed by atoms with Crippen molar-refractivity contribution in [1.29, 1.82) is 0 Å². The molecule has 0 fully saturated rings. The maximum absolute atomic E-state index is 12.5. The Kier molecular flexibility index (Phi) is 3.78. The highest BCUT2D eigenvalue weighted by Crippen LogP contribution is 2.34. The van der Waals surface area contributed by atoms with Gasteiger partial charge >= 0.3 is 12.4 Å². The molecule has 1 heterocycles. The molecule has 0 bridgehead atoms. The molecule has 1 aromatic heterocycles. The van der Waals surface area contributed by atoms with Crippen molar-refractivity contribution < 1.29 is 31.1 Å². The van der Waals surface area contributed by atoms with Crippen LogP contribution in [0.25, 0.3) is 0 Å². The predicted molar refractivity (Wildman–Crippen MR) is 50.1 cm³/mol. The van der Waals surface area contributed by atoms with Crippen LogP contribution in [0.2, 0.25) is 0 Å². The van der Waals surface area contributed by atoms with Gasteiger partial charge in [-0.15, -0.1) is 0 Å². The molecule has 18 heavy (non-hydrogen) atoms. The van der Waals surface area contributed by atoms with Crippen molar-refractivity contribution in [3.63, 3.8) is 0 Å². The number of halogens is 6. The Morgan fingerprint density at radius 2 is 1.72 bits per heavy atom. The Labute approximate surface area is 98.6 Å². The van der Waals surface area contributed by atoms with Crippen LogP contribution in [0.4, 0.5) is 26.3 Å². The first kappa shape index (κ1) is 14.6. The molecular weight excluding hydrogens is 264 g/mol. The second kappa shape index (κ2) is 4.66. The lowest BCUT2D eigenvalue weighted by Gasteiger charge is -2.18. The summed E-state index contributed by atoms with van der Waals surface area (Å²) in [5, 5.41) is 0. The van der Waals surface area contributed by atoms with Crippen LogP contribution in [0.1, 0.15) is 18.1 Å². The van der Waals surface area contributed by atoms with Crippen molar-refractivity contribution in [3.8, 4) is 5.88 Å². The molecule has 1 unspecified atom stereocenters. The summed E-state index contributed by atoms with van der Waals surface area (Å²) >= 11 is 0. The van der Waals surface area contributed by atoms with Gasteiger partial charge in [0.15, 0.2) is 6.10 Å². The van der Waals surface area contributed by atoms with Gasteiger partial charge in [-0.05, 0) is 19.4 Å². The molecule has 8 heteroatoms. The molecule has 0 aromatic carbocycles. The fourth-order valence-corrected chi connectivity index (χ4v) is 1.12. The Morgan fingerprint density at radius 1 is 1.17 bits per heavy atom. The maximum atomic E-state index is 12.5. The second-order valence-corrected chi connectivity index (χ2v) is 3.64. The molecule has 0 saturated carbocycles. The van der Waals surface area contributed by atoms with Crippen molar-refractivity contribution >= 4 is 0 Å². The van der Waals surface area contributed by atoms with Gasteiger partial charge < -0.3 is 4.74 Å². The SMILES string of the molecule is Cc1cnc(OC(C)C(F)(F)F)cc1C(F)(F)F. The summed E-state index contributed by atoms with van der Waals surface area (Å²) in [4.78, 5) is 3.38. The standard InChI is InChI=1S/C10H9F6NO/c1-5-4-17-8(3-7(5)10(14,15)16)18-6(2)9(11,12)13/h3-4,6H,1-2H3. The number of ether oxygens (including phenoxy) is 1. The molecule has 0 amide bonds. The third-order valence-corrected chi connectivity index (χ3v) is 2.14. The summed E-state index contributed by atoms with van der Waals surface area (Å²) < 4.78 is 78.3. The van der Waals surface area contributed by atoms with E-state index in [1.807, 2.05) is 0 Å². The predicted octanol–water partition coefficient (Wildman–Crippen LogP) is 3.74. The highest BCUT2D eigenvalue weighted by Gasteiger charge is 2.39. The monoisotopic (exact) mass is 273 g/mol. The van der Waals surface area contributed by atoms with Crippen LogP contribution in [-0.2, 0) is 6.18 Å². The molecule has 0 saturated heterocycles. The van der Waals surface area contributed by atoms with E-state index >= 15 is 0 Å². The third-order valence-electron chi connectivity index (χ3n) is 2.14. The molecule has 0 radical (unpaired) electrons. The van der Waals surface area contributed by atoms with Crippen LogP contribution < -0.4 is 4.74 Å². The summed E-state index contributed by atoms with van der Waals surface area (Å²) in [6.07, 6.45) is -10.7. The Balaban J connectivity index is 3.00. The second-order valence-electron chi connectivity index (χ2n) is 3.64. The minimum atomic E-state index is -4.66. The number of rotatable bonds is 2. The van der Waals surface area contributed by atoms with E-state index in [0.29, 0.717) is 13.0 Å². The number of hydrogen-bond acceptors (Lipinski definition) is 2. The van der Waals surface area contributed by atoms with E-state index in [2.05, 4.69) is 9.72 Å². The van der Waals surface area contributed by atoms with Gasteiger partial charge in [-0.3, -0.25) is 0 Å². The number of aromatic nitrogens is 1. The first-order valence-electron chi connectivity index (χ1n) is 4.79. The number of aryl methyl sites for hydroxylation is 1. The summed E-state index contributed by atoms with van der Waals surface area (Å²) in [6.45, 7) is 1.85. The molecule has 1 aromatic rings. The van der Waals surface area contributed by atoms with E-state index < -0.39 is 29.9 Å². The fraction of sp³-hybridized carbons (Fsp3) is 0.500. The first-order chi connectivity index (χ1) is 8.01. The number of pyridine rings is 1. The van der Waals surface area contributed by atoms with Gasteiger partial charge in [0, 0.05) is 12.3 Å². The molecular formula is C10H9F6NO. The zero-order chi connectivity index (χ0) is 14.1. The van der Waals surface area contributed by atoms with E-state index in [0.717, 1.165) is 13.1 Å². The highest BCUT2D eigenvalue weighted by atomic mass is 19.4. The maximum Gasteiger partial charge on any atom is 0.425 e. The smallest absolute Gasteiger partial charge is 0.425 e. The lowest BCUT2D eigenvalue weighted by molar-refractivity contribution is -0.190. The Morgan fingerprint density at radius 3 is 2.17 bits per heavy atom. The molecule has 1 atom stereocenters. The van der Waals surface area contributed by atoms with Crippen molar-refractivity contribution in [2.24, 2.45) is 0 Å². The lowest BCUT2D eigenvalue weighted by Crippen LogP contribution is -2.31. The van der Waals surface area contributed by atoms with Gasteiger partial charge in [-0.25, -0.2) is 4.98 Å². The molecule has 1 rings (SSSR count). The summed E-state index contributed by atoms with van der Waals surface area (Å²) in [5.41, 5.74) is -1.25. The summed E-state index contributed by atoms with van der Waals surface area (Å²) in [5.74, 6) is -0.710. The zero-order valence-electron chi connectivity index (χ0n) is 9.36. The van der Waals surface area contributed by atoms with Crippen molar-refractivity contribution in [1.82, 2.24) is 4.98 Å². The van der Waals surface area contributed by atoms with Crippen LogP contribution in [0.5, 0.6) is 5.88 Å². The van der Waals surface area contributed by atoms with Gasteiger partial charge in [0.25, 0.3) is 0 Å². The molecule has 0 aliphatic rings. The molecule has 0 aliphatic heterocycles. The molecule has 102 valence electrons. The van der Waals surface area contributed by atoms with Gasteiger partial charge in [0.2, 0.25) is 5.88 Å². The number of nitrogens with zero attached hydrogens (tertiary/aromatic N) is 1. The summed E-state index contributed by atoms with van der Waals surface area (Å²) in [7, 11) is 0.